The van der Waals surface area contributed by atoms with Crippen LogP contribution >= 0.6 is 11.6 Å². The second-order valence-corrected chi connectivity index (χ2v) is 4.54. The van der Waals surface area contributed by atoms with Gasteiger partial charge in [-0.05, 0) is 49.2 Å². The Morgan fingerprint density at radius 1 is 1.06 bits per heavy atom. The summed E-state index contributed by atoms with van der Waals surface area (Å²) in [7, 11) is 0. The van der Waals surface area contributed by atoms with E-state index in [1.165, 1.54) is 0 Å². The van der Waals surface area contributed by atoms with Gasteiger partial charge in [0.25, 0.3) is 0 Å². The Bertz CT molecular complexity index is 568. The zero-order chi connectivity index (χ0) is 13.1. The molecule has 2 nitrogen and oxygen atoms in total. The van der Waals surface area contributed by atoms with Crippen LogP contribution in [0.1, 0.15) is 21.5 Å². The van der Waals surface area contributed by atoms with Gasteiger partial charge in [0.1, 0.15) is 17.8 Å². The molecule has 0 aromatic heterocycles. The minimum absolute atomic E-state index is 0.593. The molecule has 0 saturated heterocycles. The second kappa shape index (κ2) is 5.23. The number of aldehydes is 1. The van der Waals surface area contributed by atoms with Crippen molar-refractivity contribution >= 4 is 17.9 Å². The van der Waals surface area contributed by atoms with Gasteiger partial charge in [-0.25, -0.2) is 0 Å². The standard InChI is InChI=1S/C15H13ClO2/c1-10-6-14(7-11(2)15(10)16)18-13-5-3-4-12(8-13)9-17/h3-9H,1-2H3. The molecule has 0 N–H and O–H groups in total. The SMILES string of the molecule is Cc1cc(Oc2cccc(C=O)c2)cc(C)c1Cl. The van der Waals surface area contributed by atoms with Gasteiger partial charge in [-0.15, -0.1) is 0 Å². The second-order valence-electron chi connectivity index (χ2n) is 4.16. The largest absolute Gasteiger partial charge is 0.457 e. The van der Waals surface area contributed by atoms with Gasteiger partial charge in [0.15, 0.2) is 0 Å². The van der Waals surface area contributed by atoms with Gasteiger partial charge in [-0.1, -0.05) is 23.7 Å². The average Bonchev–Trinajstić information content (AvgIpc) is 2.36. The molecular weight excluding hydrogens is 248 g/mol. The minimum atomic E-state index is 0.593. The fraction of sp³-hybridized carbons (Fsp3) is 0.133. The monoisotopic (exact) mass is 260 g/mol. The fourth-order valence-electron chi connectivity index (χ4n) is 1.75. The van der Waals surface area contributed by atoms with Crippen molar-refractivity contribution in [2.45, 2.75) is 13.8 Å². The van der Waals surface area contributed by atoms with Crippen molar-refractivity contribution < 1.29 is 9.53 Å². The highest BCUT2D eigenvalue weighted by atomic mass is 35.5. The Morgan fingerprint density at radius 3 is 2.33 bits per heavy atom. The number of carbonyl (C=O) groups excluding carboxylic acids is 1. The van der Waals surface area contributed by atoms with E-state index in [0.29, 0.717) is 11.3 Å². The molecule has 0 aliphatic heterocycles. The average molecular weight is 261 g/mol. The van der Waals surface area contributed by atoms with Gasteiger partial charge in [-0.3, -0.25) is 4.79 Å². The van der Waals surface area contributed by atoms with Crippen molar-refractivity contribution in [3.63, 3.8) is 0 Å². The minimum Gasteiger partial charge on any atom is -0.457 e. The van der Waals surface area contributed by atoms with Gasteiger partial charge >= 0.3 is 0 Å². The molecule has 0 fully saturated rings. The Balaban J connectivity index is 2.31. The van der Waals surface area contributed by atoms with Gasteiger partial charge in [0.05, 0.1) is 0 Å². The number of carbonyl (C=O) groups is 1. The molecule has 18 heavy (non-hydrogen) atoms. The number of rotatable bonds is 3. The predicted octanol–water partition coefficient (Wildman–Crippen LogP) is 4.56. The van der Waals surface area contributed by atoms with E-state index in [9.17, 15) is 4.79 Å². The Hall–Kier alpha value is -1.80. The number of aryl methyl sites for hydroxylation is 2. The molecule has 2 rings (SSSR count). The first-order chi connectivity index (χ1) is 8.60. The normalized spacial score (nSPS) is 10.2. The summed E-state index contributed by atoms with van der Waals surface area (Å²) in [5.74, 6) is 1.36. The van der Waals surface area contributed by atoms with Crippen LogP contribution in [-0.4, -0.2) is 6.29 Å². The Kier molecular flexibility index (Phi) is 3.68. The molecule has 0 saturated carbocycles. The van der Waals surface area contributed by atoms with E-state index < -0.39 is 0 Å². The van der Waals surface area contributed by atoms with E-state index in [4.69, 9.17) is 16.3 Å². The predicted molar refractivity (Wildman–Crippen MR) is 72.8 cm³/mol. The lowest BCUT2D eigenvalue weighted by Gasteiger charge is -2.09. The summed E-state index contributed by atoms with van der Waals surface area (Å²) in [5, 5.41) is 0.754. The van der Waals surface area contributed by atoms with Gasteiger partial charge in [-0.2, -0.15) is 0 Å². The van der Waals surface area contributed by atoms with Crippen molar-refractivity contribution in [1.29, 1.82) is 0 Å². The molecule has 0 aliphatic rings. The summed E-state index contributed by atoms with van der Waals surface area (Å²) in [6, 6.07) is 10.8. The summed E-state index contributed by atoms with van der Waals surface area (Å²) in [5.41, 5.74) is 2.53. The first-order valence-electron chi connectivity index (χ1n) is 5.60. The smallest absolute Gasteiger partial charge is 0.150 e. The van der Waals surface area contributed by atoms with E-state index >= 15 is 0 Å². The van der Waals surface area contributed by atoms with E-state index in [2.05, 4.69) is 0 Å². The maximum Gasteiger partial charge on any atom is 0.150 e. The first-order valence-corrected chi connectivity index (χ1v) is 5.98. The topological polar surface area (TPSA) is 26.3 Å². The van der Waals surface area contributed by atoms with E-state index in [1.54, 1.807) is 18.2 Å². The van der Waals surface area contributed by atoms with Crippen LogP contribution in [0, 0.1) is 13.8 Å². The summed E-state index contributed by atoms with van der Waals surface area (Å²) < 4.78 is 5.72. The Labute approximate surface area is 111 Å². The maximum absolute atomic E-state index is 10.7. The van der Waals surface area contributed by atoms with Crippen LogP contribution in [0.4, 0.5) is 0 Å². The van der Waals surface area contributed by atoms with Gasteiger partial charge in [0, 0.05) is 10.6 Å². The molecule has 0 unspecified atom stereocenters. The van der Waals surface area contributed by atoms with Crippen molar-refractivity contribution in [2.75, 3.05) is 0 Å². The van der Waals surface area contributed by atoms with E-state index in [0.717, 1.165) is 28.2 Å². The molecule has 0 bridgehead atoms. The number of halogens is 1. The number of ether oxygens (including phenoxy) is 1. The third-order valence-electron chi connectivity index (χ3n) is 2.64. The van der Waals surface area contributed by atoms with Crippen molar-refractivity contribution in [3.8, 4) is 11.5 Å². The van der Waals surface area contributed by atoms with Crippen LogP contribution in [0.25, 0.3) is 0 Å². The van der Waals surface area contributed by atoms with Crippen molar-refractivity contribution in [1.82, 2.24) is 0 Å². The summed E-state index contributed by atoms with van der Waals surface area (Å²) in [6.07, 6.45) is 0.797. The molecule has 2 aromatic carbocycles. The molecule has 0 aliphatic carbocycles. The van der Waals surface area contributed by atoms with E-state index in [-0.39, 0.29) is 0 Å². The molecule has 92 valence electrons. The number of hydrogen-bond donors (Lipinski definition) is 0. The molecule has 0 radical (unpaired) electrons. The molecule has 0 heterocycles. The molecular formula is C15H13ClO2. The quantitative estimate of drug-likeness (QED) is 0.756. The third kappa shape index (κ3) is 2.71. The Morgan fingerprint density at radius 2 is 1.72 bits per heavy atom. The molecule has 0 spiro atoms. The summed E-state index contributed by atoms with van der Waals surface area (Å²) in [4.78, 5) is 10.7. The first kappa shape index (κ1) is 12.7. The number of hydrogen-bond acceptors (Lipinski definition) is 2. The molecule has 0 atom stereocenters. The van der Waals surface area contributed by atoms with Crippen LogP contribution < -0.4 is 4.74 Å². The lowest BCUT2D eigenvalue weighted by atomic mass is 10.1. The summed E-state index contributed by atoms with van der Waals surface area (Å²) >= 11 is 6.10. The maximum atomic E-state index is 10.7. The number of benzene rings is 2. The highest BCUT2D eigenvalue weighted by Crippen LogP contribution is 2.29. The lowest BCUT2D eigenvalue weighted by Crippen LogP contribution is -1.89. The molecule has 0 amide bonds. The zero-order valence-corrected chi connectivity index (χ0v) is 11.0. The third-order valence-corrected chi connectivity index (χ3v) is 3.24. The lowest BCUT2D eigenvalue weighted by molar-refractivity contribution is 0.112. The summed E-state index contributed by atoms with van der Waals surface area (Å²) in [6.45, 7) is 3.87. The van der Waals surface area contributed by atoms with Crippen molar-refractivity contribution in [3.05, 3.63) is 58.1 Å². The van der Waals surface area contributed by atoms with Crippen LogP contribution in [0.2, 0.25) is 5.02 Å². The highest BCUT2D eigenvalue weighted by Gasteiger charge is 2.05. The molecule has 3 heteroatoms. The molecule has 2 aromatic rings. The van der Waals surface area contributed by atoms with Crippen LogP contribution in [0.5, 0.6) is 11.5 Å². The van der Waals surface area contributed by atoms with Crippen LogP contribution in [0.15, 0.2) is 36.4 Å². The van der Waals surface area contributed by atoms with Gasteiger partial charge in [0.2, 0.25) is 0 Å². The fourth-order valence-corrected chi connectivity index (χ4v) is 1.86. The highest BCUT2D eigenvalue weighted by molar-refractivity contribution is 6.32. The van der Waals surface area contributed by atoms with Crippen LogP contribution in [-0.2, 0) is 0 Å². The zero-order valence-electron chi connectivity index (χ0n) is 10.2. The van der Waals surface area contributed by atoms with E-state index in [1.807, 2.05) is 32.0 Å². The van der Waals surface area contributed by atoms with Crippen molar-refractivity contribution in [2.24, 2.45) is 0 Å². The van der Waals surface area contributed by atoms with Crippen LogP contribution in [0.3, 0.4) is 0 Å². The van der Waals surface area contributed by atoms with Gasteiger partial charge < -0.3 is 4.74 Å².